The molecule has 0 aliphatic carbocycles. The van der Waals surface area contributed by atoms with Crippen LogP contribution < -0.4 is 15.2 Å². The Balaban J connectivity index is 1.52. The summed E-state index contributed by atoms with van der Waals surface area (Å²) in [5.41, 5.74) is 2.92. The van der Waals surface area contributed by atoms with Gasteiger partial charge >= 0.3 is 0 Å². The smallest absolute Gasteiger partial charge is 0.271 e. The maximum absolute atomic E-state index is 12.9. The van der Waals surface area contributed by atoms with Crippen molar-refractivity contribution in [3.63, 3.8) is 0 Å². The predicted molar refractivity (Wildman–Crippen MR) is 122 cm³/mol. The number of halogens is 3. The van der Waals surface area contributed by atoms with Crippen molar-refractivity contribution in [1.29, 1.82) is 0 Å². The van der Waals surface area contributed by atoms with Crippen molar-refractivity contribution in [2.24, 2.45) is 5.10 Å². The number of amides is 1. The molecule has 2 aromatic carbocycles. The molecule has 0 bridgehead atoms. The Morgan fingerprint density at radius 1 is 0.897 bits per heavy atom. The summed E-state index contributed by atoms with van der Waals surface area (Å²) >= 11 is 18.5. The van der Waals surface area contributed by atoms with Gasteiger partial charge in [0.25, 0.3) is 5.91 Å². The minimum atomic E-state index is -0.210. The molecule has 0 spiro atoms. The quantitative estimate of drug-likeness (QED) is 0.635. The van der Waals surface area contributed by atoms with Crippen LogP contribution in [-0.4, -0.2) is 31.3 Å². The first-order valence-electron chi connectivity index (χ1n) is 9.67. The minimum absolute atomic E-state index is 0.210. The Kier molecular flexibility index (Phi) is 6.18. The van der Waals surface area contributed by atoms with E-state index in [1.807, 2.05) is 18.2 Å². The summed E-state index contributed by atoms with van der Waals surface area (Å²) in [6.07, 6.45) is 4.06. The van der Waals surface area contributed by atoms with Crippen molar-refractivity contribution < 1.29 is 4.79 Å². The highest BCUT2D eigenvalue weighted by Crippen LogP contribution is 2.33. The number of benzene rings is 2. The van der Waals surface area contributed by atoms with Gasteiger partial charge in [-0.2, -0.15) is 5.10 Å². The molecule has 5 nitrogen and oxygen atoms in total. The third-order valence-corrected chi connectivity index (χ3v) is 5.93. The van der Waals surface area contributed by atoms with Crippen molar-refractivity contribution in [3.05, 3.63) is 51.5 Å². The second-order valence-electron chi connectivity index (χ2n) is 7.18. The van der Waals surface area contributed by atoms with E-state index < -0.39 is 0 Å². The van der Waals surface area contributed by atoms with Crippen molar-refractivity contribution in [2.45, 2.75) is 25.7 Å². The molecule has 0 atom stereocenters. The van der Waals surface area contributed by atoms with Crippen molar-refractivity contribution in [2.75, 3.05) is 34.9 Å². The zero-order valence-electron chi connectivity index (χ0n) is 15.8. The van der Waals surface area contributed by atoms with Crippen LogP contribution in [0.25, 0.3) is 0 Å². The predicted octanol–water partition coefficient (Wildman–Crippen LogP) is 5.84. The van der Waals surface area contributed by atoms with Crippen LogP contribution in [0.2, 0.25) is 15.1 Å². The molecular weight excluding hydrogens is 431 g/mol. The second kappa shape index (κ2) is 8.82. The average Bonchev–Trinajstić information content (AvgIpc) is 3.20. The molecule has 2 heterocycles. The van der Waals surface area contributed by atoms with Crippen LogP contribution in [0.4, 0.5) is 17.1 Å². The van der Waals surface area contributed by atoms with E-state index in [1.165, 1.54) is 6.42 Å². The topological polar surface area (TPSA) is 47.9 Å². The highest BCUT2D eigenvalue weighted by Gasteiger charge is 2.24. The summed E-state index contributed by atoms with van der Waals surface area (Å²) in [4.78, 5) is 15.2. The first-order valence-corrected chi connectivity index (χ1v) is 10.8. The van der Waals surface area contributed by atoms with E-state index in [2.05, 4.69) is 15.3 Å². The molecule has 29 heavy (non-hydrogen) atoms. The number of carbonyl (C=O) groups is 1. The molecule has 0 aromatic heterocycles. The van der Waals surface area contributed by atoms with Gasteiger partial charge in [0, 0.05) is 36.1 Å². The standard InChI is InChI=1S/C21H21Cl3N4O/c22-14-5-7-19(16(24)12-14)28-11-8-18(26-28)21(29)25-17-6-4-15(23)13-20(17)27-9-2-1-3-10-27/h4-7,12-13H,1-3,8-11H2,(H,25,29). The third-order valence-electron chi connectivity index (χ3n) is 5.16. The molecule has 152 valence electrons. The molecule has 0 saturated carbocycles. The van der Waals surface area contributed by atoms with E-state index in [0.717, 1.165) is 43.0 Å². The molecule has 0 radical (unpaired) electrons. The monoisotopic (exact) mass is 450 g/mol. The molecule has 2 aliphatic heterocycles. The summed E-state index contributed by atoms with van der Waals surface area (Å²) < 4.78 is 0. The van der Waals surface area contributed by atoms with Crippen molar-refractivity contribution in [3.8, 4) is 0 Å². The van der Waals surface area contributed by atoms with Gasteiger partial charge < -0.3 is 10.2 Å². The third kappa shape index (κ3) is 4.63. The second-order valence-corrected chi connectivity index (χ2v) is 8.46. The van der Waals surface area contributed by atoms with Crippen LogP contribution in [-0.2, 0) is 4.79 Å². The lowest BCUT2D eigenvalue weighted by molar-refractivity contribution is -0.110. The molecule has 2 aliphatic rings. The number of anilines is 3. The van der Waals surface area contributed by atoms with Crippen LogP contribution in [0.5, 0.6) is 0 Å². The molecular formula is C21H21Cl3N4O. The van der Waals surface area contributed by atoms with Crippen LogP contribution in [0.15, 0.2) is 41.5 Å². The van der Waals surface area contributed by atoms with Crippen LogP contribution in [0, 0.1) is 0 Å². The molecule has 8 heteroatoms. The van der Waals surface area contributed by atoms with E-state index in [1.54, 1.807) is 23.2 Å². The first kappa shape index (κ1) is 20.3. The van der Waals surface area contributed by atoms with E-state index in [0.29, 0.717) is 33.7 Å². The van der Waals surface area contributed by atoms with Crippen LogP contribution in [0.3, 0.4) is 0 Å². The fraction of sp³-hybridized carbons (Fsp3) is 0.333. The number of nitrogens with one attached hydrogen (secondary N) is 1. The highest BCUT2D eigenvalue weighted by molar-refractivity contribution is 6.44. The molecule has 1 N–H and O–H groups in total. The van der Waals surface area contributed by atoms with Gasteiger partial charge in [0.05, 0.1) is 22.1 Å². The maximum Gasteiger partial charge on any atom is 0.271 e. The highest BCUT2D eigenvalue weighted by atomic mass is 35.5. The summed E-state index contributed by atoms with van der Waals surface area (Å²) in [7, 11) is 0. The largest absolute Gasteiger partial charge is 0.370 e. The van der Waals surface area contributed by atoms with E-state index in [-0.39, 0.29) is 5.91 Å². The summed E-state index contributed by atoms with van der Waals surface area (Å²) in [6.45, 7) is 2.52. The van der Waals surface area contributed by atoms with Gasteiger partial charge in [-0.1, -0.05) is 34.8 Å². The summed E-state index contributed by atoms with van der Waals surface area (Å²) in [6, 6.07) is 10.8. The Morgan fingerprint density at radius 3 is 2.38 bits per heavy atom. The van der Waals surface area contributed by atoms with Gasteiger partial charge in [0.2, 0.25) is 0 Å². The number of carbonyl (C=O) groups excluding carboxylic acids is 1. The fourth-order valence-corrected chi connectivity index (χ4v) is 4.36. The Bertz CT molecular complexity index is 957. The lowest BCUT2D eigenvalue weighted by Gasteiger charge is -2.30. The molecule has 2 aromatic rings. The molecule has 4 rings (SSSR count). The Hall–Kier alpha value is -1.95. The van der Waals surface area contributed by atoms with Crippen LogP contribution in [0.1, 0.15) is 25.7 Å². The zero-order valence-corrected chi connectivity index (χ0v) is 18.1. The average molecular weight is 452 g/mol. The van der Waals surface area contributed by atoms with Gasteiger partial charge in [-0.15, -0.1) is 0 Å². The van der Waals surface area contributed by atoms with E-state index >= 15 is 0 Å². The fourth-order valence-electron chi connectivity index (χ4n) is 3.68. The van der Waals surface area contributed by atoms with E-state index in [9.17, 15) is 4.79 Å². The number of piperidine rings is 1. The number of nitrogens with zero attached hydrogens (tertiary/aromatic N) is 3. The normalized spacial score (nSPS) is 16.7. The maximum atomic E-state index is 12.9. The van der Waals surface area contributed by atoms with Gasteiger partial charge in [-0.25, -0.2) is 0 Å². The van der Waals surface area contributed by atoms with Crippen molar-refractivity contribution in [1.82, 2.24) is 0 Å². The molecule has 1 fully saturated rings. The lowest BCUT2D eigenvalue weighted by atomic mass is 10.1. The van der Waals surface area contributed by atoms with Gasteiger partial charge in [-0.05, 0) is 55.7 Å². The Labute approximate surface area is 185 Å². The number of hydrogen-bond acceptors (Lipinski definition) is 4. The first-order chi connectivity index (χ1) is 14.0. The molecule has 1 saturated heterocycles. The van der Waals surface area contributed by atoms with Crippen LogP contribution >= 0.6 is 34.8 Å². The van der Waals surface area contributed by atoms with E-state index in [4.69, 9.17) is 34.8 Å². The number of hydrazone groups is 1. The van der Waals surface area contributed by atoms with Gasteiger partial charge in [0.1, 0.15) is 5.71 Å². The van der Waals surface area contributed by atoms with Gasteiger partial charge in [0.15, 0.2) is 0 Å². The summed E-state index contributed by atoms with van der Waals surface area (Å²) in [5, 5.41) is 11.0. The number of rotatable bonds is 4. The van der Waals surface area contributed by atoms with Crippen molar-refractivity contribution >= 4 is 63.5 Å². The number of hydrogen-bond donors (Lipinski definition) is 1. The Morgan fingerprint density at radius 2 is 1.62 bits per heavy atom. The molecule has 1 amide bonds. The summed E-state index contributed by atoms with van der Waals surface area (Å²) in [5.74, 6) is -0.210. The lowest BCUT2D eigenvalue weighted by Crippen LogP contribution is -2.31. The zero-order chi connectivity index (χ0) is 20.4. The minimum Gasteiger partial charge on any atom is -0.370 e. The molecule has 0 unspecified atom stereocenters. The van der Waals surface area contributed by atoms with Gasteiger partial charge in [-0.3, -0.25) is 9.80 Å². The SMILES string of the molecule is O=C(Nc1ccc(Cl)cc1N1CCCCC1)C1=NN(c2ccc(Cl)cc2Cl)CC1.